The maximum absolute atomic E-state index is 8.81. The molecule has 1 heterocycles. The Bertz CT molecular complexity index is 210. The van der Waals surface area contributed by atoms with E-state index in [1.165, 1.54) is 0 Å². The highest BCUT2D eigenvalue weighted by molar-refractivity contribution is 5.29. The van der Waals surface area contributed by atoms with Gasteiger partial charge in [-0.15, -0.1) is 0 Å². The minimum absolute atomic E-state index is 0.119. The van der Waals surface area contributed by atoms with E-state index in [0.29, 0.717) is 16.8 Å². The molecule has 0 aromatic carbocycles. The van der Waals surface area contributed by atoms with Crippen LogP contribution in [-0.4, -0.2) is 20.3 Å². The van der Waals surface area contributed by atoms with Crippen molar-refractivity contribution in [3.8, 4) is 0 Å². The van der Waals surface area contributed by atoms with Crippen LogP contribution in [0.2, 0.25) is 0 Å². The van der Waals surface area contributed by atoms with E-state index < -0.39 is 0 Å². The molecule has 1 aromatic heterocycles. The molecule has 0 fully saturated rings. The van der Waals surface area contributed by atoms with E-state index in [-0.39, 0.29) is 19.8 Å². The molecule has 0 unspecified atom stereocenters. The first-order valence-corrected chi connectivity index (χ1v) is 3.34. The molecular weight excluding hydrogens is 146 g/mol. The molecule has 0 saturated heterocycles. The smallest absolute Gasteiger partial charge is 0.0834 e. The first kappa shape index (κ1) is 8.26. The van der Waals surface area contributed by atoms with Crippen LogP contribution < -0.4 is 0 Å². The number of aliphatic hydroxyl groups excluding tert-OH is 3. The van der Waals surface area contributed by atoms with Gasteiger partial charge in [-0.2, -0.15) is 0 Å². The Hall–Kier alpha value is -0.840. The maximum Gasteiger partial charge on any atom is 0.0834 e. The SMILES string of the molecule is OCc1c[nH]c(CO)c1CO. The topological polar surface area (TPSA) is 76.5 Å². The molecule has 1 aromatic rings. The summed E-state index contributed by atoms with van der Waals surface area (Å²) in [6.07, 6.45) is 1.58. The number of rotatable bonds is 3. The Balaban J connectivity index is 2.99. The summed E-state index contributed by atoms with van der Waals surface area (Å²) in [5.74, 6) is 0. The zero-order chi connectivity index (χ0) is 8.27. The molecule has 4 N–H and O–H groups in total. The summed E-state index contributed by atoms with van der Waals surface area (Å²) in [5.41, 5.74) is 1.79. The van der Waals surface area contributed by atoms with E-state index in [9.17, 15) is 0 Å². The first-order chi connectivity index (χ1) is 5.33. The second-order valence-electron chi connectivity index (χ2n) is 2.25. The molecule has 0 atom stereocenters. The zero-order valence-electron chi connectivity index (χ0n) is 6.04. The number of nitrogens with one attached hydrogen (secondary N) is 1. The van der Waals surface area contributed by atoms with Gasteiger partial charge in [-0.25, -0.2) is 0 Å². The molecule has 62 valence electrons. The number of aliphatic hydroxyl groups is 3. The van der Waals surface area contributed by atoms with Crippen LogP contribution in [0, 0.1) is 0 Å². The maximum atomic E-state index is 8.81. The van der Waals surface area contributed by atoms with Crippen LogP contribution in [0.4, 0.5) is 0 Å². The molecule has 0 aliphatic heterocycles. The van der Waals surface area contributed by atoms with Gasteiger partial charge in [0.15, 0.2) is 0 Å². The highest BCUT2D eigenvalue weighted by Gasteiger charge is 2.07. The van der Waals surface area contributed by atoms with Crippen molar-refractivity contribution in [1.29, 1.82) is 0 Å². The average molecular weight is 157 g/mol. The van der Waals surface area contributed by atoms with E-state index >= 15 is 0 Å². The highest BCUT2D eigenvalue weighted by Crippen LogP contribution is 2.13. The van der Waals surface area contributed by atoms with Gasteiger partial charge in [0.25, 0.3) is 0 Å². The third-order valence-corrected chi connectivity index (χ3v) is 1.66. The molecule has 0 saturated carbocycles. The summed E-state index contributed by atoms with van der Waals surface area (Å²) in [6, 6.07) is 0. The van der Waals surface area contributed by atoms with Crippen molar-refractivity contribution in [3.63, 3.8) is 0 Å². The van der Waals surface area contributed by atoms with Gasteiger partial charge >= 0.3 is 0 Å². The van der Waals surface area contributed by atoms with Gasteiger partial charge in [0.05, 0.1) is 19.8 Å². The van der Waals surface area contributed by atoms with Crippen molar-refractivity contribution >= 4 is 0 Å². The molecule has 4 heteroatoms. The van der Waals surface area contributed by atoms with Gasteiger partial charge in [-0.3, -0.25) is 0 Å². The Morgan fingerprint density at radius 1 is 1.09 bits per heavy atom. The molecule has 0 bridgehead atoms. The fourth-order valence-electron chi connectivity index (χ4n) is 1.02. The molecule has 1 rings (SSSR count). The van der Waals surface area contributed by atoms with E-state index in [4.69, 9.17) is 15.3 Å². The van der Waals surface area contributed by atoms with E-state index in [1.54, 1.807) is 6.20 Å². The van der Waals surface area contributed by atoms with Gasteiger partial charge in [0.1, 0.15) is 0 Å². The molecule has 0 spiro atoms. The number of H-pyrrole nitrogens is 1. The minimum Gasteiger partial charge on any atom is -0.392 e. The number of hydrogen-bond donors (Lipinski definition) is 4. The third kappa shape index (κ3) is 1.42. The normalized spacial score (nSPS) is 10.5. The Labute approximate surface area is 64.1 Å². The predicted molar refractivity (Wildman–Crippen MR) is 38.6 cm³/mol. The minimum atomic E-state index is -0.157. The standard InChI is InChI=1S/C7H11NO3/c9-2-5-1-8-7(4-11)6(5)3-10/h1,8-11H,2-4H2. The van der Waals surface area contributed by atoms with Crippen LogP contribution in [0.15, 0.2) is 6.20 Å². The van der Waals surface area contributed by atoms with Gasteiger partial charge < -0.3 is 20.3 Å². The molecule has 11 heavy (non-hydrogen) atoms. The lowest BCUT2D eigenvalue weighted by Crippen LogP contribution is -1.94. The van der Waals surface area contributed by atoms with Crippen molar-refractivity contribution in [1.82, 2.24) is 4.98 Å². The van der Waals surface area contributed by atoms with Gasteiger partial charge in [-0.05, 0) is 0 Å². The highest BCUT2D eigenvalue weighted by atomic mass is 16.3. The summed E-state index contributed by atoms with van der Waals surface area (Å²) in [5, 5.41) is 26.3. The van der Waals surface area contributed by atoms with Crippen LogP contribution >= 0.6 is 0 Å². The van der Waals surface area contributed by atoms with Crippen LogP contribution in [0.5, 0.6) is 0 Å². The van der Waals surface area contributed by atoms with Crippen LogP contribution in [-0.2, 0) is 19.8 Å². The lowest BCUT2D eigenvalue weighted by atomic mass is 10.2. The molecule has 4 nitrogen and oxygen atoms in total. The van der Waals surface area contributed by atoms with Crippen molar-refractivity contribution in [3.05, 3.63) is 23.0 Å². The third-order valence-electron chi connectivity index (χ3n) is 1.66. The Kier molecular flexibility index (Phi) is 2.64. The monoisotopic (exact) mass is 157 g/mol. The van der Waals surface area contributed by atoms with Gasteiger partial charge in [0, 0.05) is 23.0 Å². The van der Waals surface area contributed by atoms with E-state index in [1.807, 2.05) is 0 Å². The summed E-state index contributed by atoms with van der Waals surface area (Å²) < 4.78 is 0. The van der Waals surface area contributed by atoms with Crippen molar-refractivity contribution in [2.24, 2.45) is 0 Å². The summed E-state index contributed by atoms with van der Waals surface area (Å²) in [6.45, 7) is -0.419. The number of aromatic nitrogens is 1. The summed E-state index contributed by atoms with van der Waals surface area (Å²) >= 11 is 0. The second-order valence-corrected chi connectivity index (χ2v) is 2.25. The fraction of sp³-hybridized carbons (Fsp3) is 0.429. The Morgan fingerprint density at radius 2 is 1.82 bits per heavy atom. The fourth-order valence-corrected chi connectivity index (χ4v) is 1.02. The number of hydrogen-bond acceptors (Lipinski definition) is 3. The zero-order valence-corrected chi connectivity index (χ0v) is 6.04. The lowest BCUT2D eigenvalue weighted by molar-refractivity contribution is 0.248. The van der Waals surface area contributed by atoms with Crippen molar-refractivity contribution in [2.45, 2.75) is 19.8 Å². The Morgan fingerprint density at radius 3 is 2.27 bits per heavy atom. The second kappa shape index (κ2) is 3.52. The van der Waals surface area contributed by atoms with Crippen LogP contribution in [0.1, 0.15) is 16.8 Å². The average Bonchev–Trinajstić information content (AvgIpc) is 2.45. The molecular formula is C7H11NO3. The van der Waals surface area contributed by atoms with Crippen LogP contribution in [0.25, 0.3) is 0 Å². The van der Waals surface area contributed by atoms with Crippen molar-refractivity contribution < 1.29 is 15.3 Å². The molecule has 0 amide bonds. The summed E-state index contributed by atoms with van der Waals surface area (Å²) in [7, 11) is 0. The number of aromatic amines is 1. The van der Waals surface area contributed by atoms with Crippen molar-refractivity contribution in [2.75, 3.05) is 0 Å². The van der Waals surface area contributed by atoms with Gasteiger partial charge in [0.2, 0.25) is 0 Å². The largest absolute Gasteiger partial charge is 0.392 e. The molecule has 0 aliphatic carbocycles. The first-order valence-electron chi connectivity index (χ1n) is 3.34. The predicted octanol–water partition coefficient (Wildman–Crippen LogP) is -0.508. The van der Waals surface area contributed by atoms with Gasteiger partial charge in [-0.1, -0.05) is 0 Å². The van der Waals surface area contributed by atoms with E-state index in [2.05, 4.69) is 4.98 Å². The quantitative estimate of drug-likeness (QED) is 0.477. The van der Waals surface area contributed by atoms with Crippen LogP contribution in [0.3, 0.4) is 0 Å². The summed E-state index contributed by atoms with van der Waals surface area (Å²) in [4.78, 5) is 2.76. The lowest BCUT2D eigenvalue weighted by Gasteiger charge is -1.98. The molecule has 0 radical (unpaired) electrons. The van der Waals surface area contributed by atoms with E-state index in [0.717, 1.165) is 0 Å². The molecule has 0 aliphatic rings.